The number of nitrogens with one attached hydrogen (secondary N) is 1. The molecule has 3 rings (SSSR count). The number of nitro benzene ring substituents is 1. The fourth-order valence-electron chi connectivity index (χ4n) is 3.21. The minimum atomic E-state index is -0.903. The molecule has 0 unspecified atom stereocenters. The van der Waals surface area contributed by atoms with Gasteiger partial charge in [0.2, 0.25) is 0 Å². The first-order chi connectivity index (χ1) is 12.1. The van der Waals surface area contributed by atoms with Gasteiger partial charge in [-0.25, -0.2) is 0 Å². The highest BCUT2D eigenvalue weighted by Crippen LogP contribution is 2.38. The summed E-state index contributed by atoms with van der Waals surface area (Å²) in [5, 5.41) is 30.8. The van der Waals surface area contributed by atoms with E-state index in [0.29, 0.717) is 5.56 Å². The molecule has 0 saturated heterocycles. The fraction of sp³-hybridized carbons (Fsp3) is 0.158. The van der Waals surface area contributed by atoms with E-state index < -0.39 is 16.8 Å². The summed E-state index contributed by atoms with van der Waals surface area (Å²) in [7, 11) is 0. The molecule has 25 heavy (non-hydrogen) atoms. The van der Waals surface area contributed by atoms with Gasteiger partial charge in [0.05, 0.1) is 17.1 Å². The lowest BCUT2D eigenvalue weighted by Crippen LogP contribution is -2.12. The van der Waals surface area contributed by atoms with Crippen molar-refractivity contribution in [3.05, 3.63) is 75.5 Å². The lowest BCUT2D eigenvalue weighted by Gasteiger charge is -2.19. The van der Waals surface area contributed by atoms with Crippen molar-refractivity contribution in [3.63, 3.8) is 0 Å². The van der Waals surface area contributed by atoms with Gasteiger partial charge in [0, 0.05) is 34.6 Å². The molecule has 0 spiro atoms. The number of para-hydroxylation sites is 1. The number of aryl methyl sites for hydroxylation is 1. The molecule has 0 fully saturated rings. The van der Waals surface area contributed by atoms with Gasteiger partial charge < -0.3 is 4.98 Å². The highest BCUT2D eigenvalue weighted by atomic mass is 16.6. The maximum Gasteiger partial charge on any atom is 0.269 e. The van der Waals surface area contributed by atoms with E-state index in [-0.39, 0.29) is 5.69 Å². The molecule has 6 nitrogen and oxygen atoms in total. The summed E-state index contributed by atoms with van der Waals surface area (Å²) in [6.45, 7) is 1.90. The van der Waals surface area contributed by atoms with Crippen LogP contribution in [0.2, 0.25) is 0 Å². The Hall–Kier alpha value is -3.64. The third kappa shape index (κ3) is 2.82. The van der Waals surface area contributed by atoms with E-state index in [1.807, 2.05) is 31.2 Å². The number of nitro groups is 1. The summed E-state index contributed by atoms with van der Waals surface area (Å²) in [4.78, 5) is 13.7. The summed E-state index contributed by atoms with van der Waals surface area (Å²) in [5.74, 6) is -1.40. The van der Waals surface area contributed by atoms with E-state index >= 15 is 0 Å². The Morgan fingerprint density at radius 2 is 1.72 bits per heavy atom. The maximum absolute atomic E-state index is 10.9. The number of non-ortho nitro benzene ring substituents is 1. The van der Waals surface area contributed by atoms with Gasteiger partial charge in [-0.3, -0.25) is 10.1 Å². The van der Waals surface area contributed by atoms with Crippen LogP contribution < -0.4 is 0 Å². The summed E-state index contributed by atoms with van der Waals surface area (Å²) < 4.78 is 0. The quantitative estimate of drug-likeness (QED) is 0.572. The number of aromatic amines is 1. The molecular weight excluding hydrogens is 316 g/mol. The highest BCUT2D eigenvalue weighted by molar-refractivity contribution is 5.86. The Morgan fingerprint density at radius 3 is 2.32 bits per heavy atom. The molecule has 0 aliphatic heterocycles. The number of fused-ring (bicyclic) bond motifs is 1. The van der Waals surface area contributed by atoms with Gasteiger partial charge in [-0.2, -0.15) is 10.5 Å². The van der Waals surface area contributed by atoms with Crippen LogP contribution in [-0.2, 0) is 0 Å². The zero-order chi connectivity index (χ0) is 18.0. The number of rotatable bonds is 4. The molecule has 0 aliphatic carbocycles. The van der Waals surface area contributed by atoms with E-state index in [1.165, 1.54) is 12.1 Å². The monoisotopic (exact) mass is 330 g/mol. The van der Waals surface area contributed by atoms with Crippen LogP contribution in [0.1, 0.15) is 22.7 Å². The van der Waals surface area contributed by atoms with Gasteiger partial charge in [-0.15, -0.1) is 0 Å². The average molecular weight is 330 g/mol. The smallest absolute Gasteiger partial charge is 0.269 e. The number of hydrogen-bond donors (Lipinski definition) is 1. The number of aromatic nitrogens is 1. The first kappa shape index (κ1) is 16.2. The molecular formula is C19H14N4O2. The second kappa shape index (κ2) is 6.46. The van der Waals surface area contributed by atoms with Gasteiger partial charge in [0.25, 0.3) is 5.69 Å². The molecule has 0 aliphatic rings. The minimum absolute atomic E-state index is 0.0244. The second-order valence-corrected chi connectivity index (χ2v) is 5.77. The van der Waals surface area contributed by atoms with Gasteiger partial charge in [0.15, 0.2) is 0 Å². The number of H-pyrrole nitrogens is 1. The Morgan fingerprint density at radius 1 is 1.08 bits per heavy atom. The average Bonchev–Trinajstić information content (AvgIpc) is 2.95. The maximum atomic E-state index is 10.9. The Bertz CT molecular complexity index is 1010. The normalized spacial score (nSPS) is 11.8. The second-order valence-electron chi connectivity index (χ2n) is 5.77. The van der Waals surface area contributed by atoms with Gasteiger partial charge >= 0.3 is 0 Å². The summed E-state index contributed by atoms with van der Waals surface area (Å²) in [5.41, 5.74) is 3.35. The largest absolute Gasteiger partial charge is 0.358 e. The molecule has 1 aromatic heterocycles. The van der Waals surface area contributed by atoms with E-state index in [1.54, 1.807) is 12.1 Å². The standard InChI is InChI=1S/C19H14N4O2/c1-12-18(16-4-2-3-5-17(16)22-12)19(14(10-20)11-21)13-6-8-15(9-7-13)23(24)25/h2-9,14,19,22H,1H3/t19-/m1/s1. The number of hydrogen-bond acceptors (Lipinski definition) is 4. The van der Waals surface area contributed by atoms with E-state index in [9.17, 15) is 20.6 Å². The molecule has 0 radical (unpaired) electrons. The van der Waals surface area contributed by atoms with Gasteiger partial charge in [-0.05, 0) is 24.1 Å². The molecule has 6 heteroatoms. The van der Waals surface area contributed by atoms with E-state index in [0.717, 1.165) is 22.2 Å². The van der Waals surface area contributed by atoms with Crippen LogP contribution in [0.25, 0.3) is 10.9 Å². The van der Waals surface area contributed by atoms with Crippen molar-refractivity contribution in [2.45, 2.75) is 12.8 Å². The van der Waals surface area contributed by atoms with Crippen molar-refractivity contribution in [1.82, 2.24) is 4.98 Å². The van der Waals surface area contributed by atoms with Crippen LogP contribution >= 0.6 is 0 Å². The summed E-state index contributed by atoms with van der Waals surface area (Å²) in [6, 6.07) is 17.8. The SMILES string of the molecule is Cc1[nH]c2ccccc2c1[C@H](c1ccc([N+](=O)[O-])cc1)C(C#N)C#N. The van der Waals surface area contributed by atoms with Crippen molar-refractivity contribution in [1.29, 1.82) is 10.5 Å². The lowest BCUT2D eigenvalue weighted by atomic mass is 9.80. The number of nitriles is 2. The first-order valence-corrected chi connectivity index (χ1v) is 7.67. The Labute approximate surface area is 144 Å². The molecule has 2 aromatic carbocycles. The predicted octanol–water partition coefficient (Wildman–Crippen LogP) is 4.18. The van der Waals surface area contributed by atoms with Crippen LogP contribution in [0.3, 0.4) is 0 Å². The third-order valence-corrected chi connectivity index (χ3v) is 4.33. The molecule has 1 atom stereocenters. The van der Waals surface area contributed by atoms with Crippen LogP contribution in [0.4, 0.5) is 5.69 Å². The number of nitrogens with zero attached hydrogens (tertiary/aromatic N) is 3. The van der Waals surface area contributed by atoms with E-state index in [4.69, 9.17) is 0 Å². The molecule has 3 aromatic rings. The van der Waals surface area contributed by atoms with Crippen molar-refractivity contribution in [2.24, 2.45) is 5.92 Å². The Balaban J connectivity index is 2.22. The van der Waals surface area contributed by atoms with Crippen LogP contribution in [0.5, 0.6) is 0 Å². The molecule has 1 heterocycles. The lowest BCUT2D eigenvalue weighted by molar-refractivity contribution is -0.384. The van der Waals surface area contributed by atoms with Crippen molar-refractivity contribution in [2.75, 3.05) is 0 Å². The predicted molar refractivity (Wildman–Crippen MR) is 92.7 cm³/mol. The topological polar surface area (TPSA) is 107 Å². The van der Waals surface area contributed by atoms with Crippen molar-refractivity contribution in [3.8, 4) is 12.1 Å². The zero-order valence-electron chi connectivity index (χ0n) is 13.4. The third-order valence-electron chi connectivity index (χ3n) is 4.33. The fourth-order valence-corrected chi connectivity index (χ4v) is 3.21. The van der Waals surface area contributed by atoms with E-state index in [2.05, 4.69) is 17.1 Å². The van der Waals surface area contributed by atoms with Gasteiger partial charge in [0.1, 0.15) is 5.92 Å². The van der Waals surface area contributed by atoms with Crippen molar-refractivity contribution < 1.29 is 4.92 Å². The molecule has 1 N–H and O–H groups in total. The van der Waals surface area contributed by atoms with Crippen molar-refractivity contribution >= 4 is 16.6 Å². The molecule has 122 valence electrons. The highest BCUT2D eigenvalue weighted by Gasteiger charge is 2.29. The molecule has 0 saturated carbocycles. The van der Waals surface area contributed by atoms with Crippen LogP contribution in [-0.4, -0.2) is 9.91 Å². The molecule has 0 amide bonds. The minimum Gasteiger partial charge on any atom is -0.358 e. The van der Waals surface area contributed by atoms with Crippen LogP contribution in [0.15, 0.2) is 48.5 Å². The number of benzene rings is 2. The summed E-state index contributed by atoms with van der Waals surface area (Å²) in [6.07, 6.45) is 0. The summed E-state index contributed by atoms with van der Waals surface area (Å²) >= 11 is 0. The first-order valence-electron chi connectivity index (χ1n) is 7.67. The van der Waals surface area contributed by atoms with Crippen LogP contribution in [0, 0.1) is 45.6 Å². The Kier molecular flexibility index (Phi) is 4.20. The zero-order valence-corrected chi connectivity index (χ0v) is 13.4. The molecule has 0 bridgehead atoms. The van der Waals surface area contributed by atoms with Gasteiger partial charge in [-0.1, -0.05) is 30.3 Å².